The SMILES string of the molecule is NC(=S)c1ccc(OCC(=O)NC(C2CC2)C2CC2)cc1. The van der Waals surface area contributed by atoms with Crippen LogP contribution in [0.3, 0.4) is 0 Å². The second kappa shape index (κ2) is 6.02. The Hall–Kier alpha value is -1.62. The van der Waals surface area contributed by atoms with E-state index in [1.54, 1.807) is 24.3 Å². The standard InChI is InChI=1S/C16H20N2O2S/c17-16(21)12-5-7-13(8-6-12)20-9-14(19)18-15(10-1-2-10)11-3-4-11/h5-8,10-11,15H,1-4,9H2,(H2,17,21)(H,18,19). The summed E-state index contributed by atoms with van der Waals surface area (Å²) in [4.78, 5) is 12.3. The average Bonchev–Trinajstić information content (AvgIpc) is 3.36. The summed E-state index contributed by atoms with van der Waals surface area (Å²) in [5, 5.41) is 3.14. The summed E-state index contributed by atoms with van der Waals surface area (Å²) in [6.45, 7) is 0.0579. The van der Waals surface area contributed by atoms with Crippen LogP contribution in [0, 0.1) is 11.8 Å². The molecule has 5 heteroatoms. The van der Waals surface area contributed by atoms with Crippen molar-refractivity contribution in [3.63, 3.8) is 0 Å². The molecule has 112 valence electrons. The number of nitrogens with one attached hydrogen (secondary N) is 1. The molecular weight excluding hydrogens is 284 g/mol. The van der Waals surface area contributed by atoms with Gasteiger partial charge in [0.05, 0.1) is 0 Å². The van der Waals surface area contributed by atoms with Gasteiger partial charge in [0, 0.05) is 11.6 Å². The number of ether oxygens (including phenoxy) is 1. The van der Waals surface area contributed by atoms with Gasteiger partial charge in [-0.15, -0.1) is 0 Å². The zero-order valence-electron chi connectivity index (χ0n) is 11.9. The smallest absolute Gasteiger partial charge is 0.258 e. The molecule has 0 atom stereocenters. The minimum atomic E-state index is -0.0303. The second-order valence-corrected chi connectivity index (χ2v) is 6.39. The Bertz CT molecular complexity index is 524. The van der Waals surface area contributed by atoms with Crippen LogP contribution in [0.5, 0.6) is 5.75 Å². The lowest BCUT2D eigenvalue weighted by atomic mass is 10.1. The summed E-state index contributed by atoms with van der Waals surface area (Å²) in [6, 6.07) is 7.53. The Balaban J connectivity index is 1.47. The Labute approximate surface area is 130 Å². The quantitative estimate of drug-likeness (QED) is 0.756. The van der Waals surface area contributed by atoms with Crippen molar-refractivity contribution in [2.45, 2.75) is 31.7 Å². The molecule has 2 aliphatic rings. The number of rotatable bonds is 7. The first kappa shape index (κ1) is 14.3. The lowest BCUT2D eigenvalue weighted by molar-refractivity contribution is -0.124. The van der Waals surface area contributed by atoms with Gasteiger partial charge in [0.25, 0.3) is 5.91 Å². The van der Waals surface area contributed by atoms with Crippen LogP contribution in [0.4, 0.5) is 0 Å². The maximum Gasteiger partial charge on any atom is 0.258 e. The predicted molar refractivity (Wildman–Crippen MR) is 85.2 cm³/mol. The molecule has 0 unspecified atom stereocenters. The highest BCUT2D eigenvalue weighted by Gasteiger charge is 2.42. The molecule has 0 radical (unpaired) electrons. The largest absolute Gasteiger partial charge is 0.484 e. The van der Waals surface area contributed by atoms with E-state index in [-0.39, 0.29) is 12.5 Å². The van der Waals surface area contributed by atoms with Gasteiger partial charge in [0.1, 0.15) is 10.7 Å². The molecule has 2 saturated carbocycles. The molecule has 1 amide bonds. The number of hydrogen-bond acceptors (Lipinski definition) is 3. The number of amides is 1. The van der Waals surface area contributed by atoms with Crippen LogP contribution in [0.15, 0.2) is 24.3 Å². The summed E-state index contributed by atoms with van der Waals surface area (Å²) in [5.41, 5.74) is 6.33. The maximum absolute atomic E-state index is 12.0. The second-order valence-electron chi connectivity index (χ2n) is 5.95. The molecule has 1 aromatic rings. The molecule has 0 aromatic heterocycles. The molecule has 1 aromatic carbocycles. The van der Waals surface area contributed by atoms with Gasteiger partial charge >= 0.3 is 0 Å². The number of hydrogen-bond donors (Lipinski definition) is 2. The van der Waals surface area contributed by atoms with E-state index in [2.05, 4.69) is 5.32 Å². The average molecular weight is 304 g/mol. The van der Waals surface area contributed by atoms with Crippen LogP contribution >= 0.6 is 12.2 Å². The van der Waals surface area contributed by atoms with E-state index in [1.165, 1.54) is 25.7 Å². The summed E-state index contributed by atoms with van der Waals surface area (Å²) in [5.74, 6) is 2.02. The Morgan fingerprint density at radius 3 is 2.29 bits per heavy atom. The molecule has 0 saturated heterocycles. The third-order valence-corrected chi connectivity index (χ3v) is 4.33. The van der Waals surface area contributed by atoms with E-state index in [0.717, 1.165) is 5.56 Å². The van der Waals surface area contributed by atoms with Crippen LogP contribution in [-0.2, 0) is 4.79 Å². The van der Waals surface area contributed by atoms with Gasteiger partial charge in [-0.1, -0.05) is 12.2 Å². The topological polar surface area (TPSA) is 64.3 Å². The van der Waals surface area contributed by atoms with Gasteiger partial charge in [-0.2, -0.15) is 0 Å². The molecule has 0 bridgehead atoms. The number of nitrogens with two attached hydrogens (primary N) is 1. The van der Waals surface area contributed by atoms with Crippen molar-refractivity contribution in [1.29, 1.82) is 0 Å². The third kappa shape index (κ3) is 3.94. The van der Waals surface area contributed by atoms with E-state index in [0.29, 0.717) is 28.6 Å². The monoisotopic (exact) mass is 304 g/mol. The first-order valence-electron chi connectivity index (χ1n) is 7.45. The fraction of sp³-hybridized carbons (Fsp3) is 0.500. The van der Waals surface area contributed by atoms with E-state index in [1.807, 2.05) is 0 Å². The molecule has 0 spiro atoms. The molecular formula is C16H20N2O2S. The number of carbonyl (C=O) groups excluding carboxylic acids is 1. The lowest BCUT2D eigenvalue weighted by Crippen LogP contribution is -2.40. The van der Waals surface area contributed by atoms with Crippen LogP contribution in [0.1, 0.15) is 31.2 Å². The zero-order chi connectivity index (χ0) is 14.8. The highest BCUT2D eigenvalue weighted by atomic mass is 32.1. The van der Waals surface area contributed by atoms with E-state index in [9.17, 15) is 4.79 Å². The molecule has 3 N–H and O–H groups in total. The van der Waals surface area contributed by atoms with Crippen LogP contribution in [-0.4, -0.2) is 23.5 Å². The first-order chi connectivity index (χ1) is 10.1. The maximum atomic E-state index is 12.0. The minimum absolute atomic E-state index is 0.0303. The zero-order valence-corrected chi connectivity index (χ0v) is 12.7. The minimum Gasteiger partial charge on any atom is -0.484 e. The first-order valence-corrected chi connectivity index (χ1v) is 7.86. The number of carbonyl (C=O) groups is 1. The molecule has 4 nitrogen and oxygen atoms in total. The molecule has 0 heterocycles. The van der Waals surface area contributed by atoms with Crippen molar-refractivity contribution in [3.05, 3.63) is 29.8 Å². The summed E-state index contributed by atoms with van der Waals surface area (Å²) in [7, 11) is 0. The van der Waals surface area contributed by atoms with Gasteiger partial charge in [0.2, 0.25) is 0 Å². The van der Waals surface area contributed by atoms with Gasteiger partial charge in [-0.25, -0.2) is 0 Å². The Morgan fingerprint density at radius 1 is 1.24 bits per heavy atom. The normalized spacial score (nSPS) is 17.6. The van der Waals surface area contributed by atoms with Gasteiger partial charge in [-0.05, 0) is 61.8 Å². The molecule has 3 rings (SSSR count). The summed E-state index contributed by atoms with van der Waals surface area (Å²) < 4.78 is 5.51. The van der Waals surface area contributed by atoms with Crippen LogP contribution < -0.4 is 15.8 Å². The van der Waals surface area contributed by atoms with E-state index < -0.39 is 0 Å². The number of benzene rings is 1. The lowest BCUT2D eigenvalue weighted by Gasteiger charge is -2.17. The molecule has 2 aliphatic carbocycles. The van der Waals surface area contributed by atoms with E-state index in [4.69, 9.17) is 22.7 Å². The van der Waals surface area contributed by atoms with E-state index >= 15 is 0 Å². The van der Waals surface area contributed by atoms with Gasteiger partial charge in [-0.3, -0.25) is 4.79 Å². The van der Waals surface area contributed by atoms with Crippen LogP contribution in [0.2, 0.25) is 0 Å². The van der Waals surface area contributed by atoms with Crippen molar-refractivity contribution in [2.24, 2.45) is 17.6 Å². The molecule has 21 heavy (non-hydrogen) atoms. The third-order valence-electron chi connectivity index (χ3n) is 4.10. The Morgan fingerprint density at radius 2 is 1.81 bits per heavy atom. The van der Waals surface area contributed by atoms with Crippen molar-refractivity contribution < 1.29 is 9.53 Å². The summed E-state index contributed by atoms with van der Waals surface area (Å²) >= 11 is 4.89. The fourth-order valence-electron chi connectivity index (χ4n) is 2.62. The Kier molecular flexibility index (Phi) is 4.10. The fourth-order valence-corrected chi connectivity index (χ4v) is 2.76. The number of thiocarbonyl (C=S) groups is 1. The van der Waals surface area contributed by atoms with Crippen molar-refractivity contribution in [3.8, 4) is 5.75 Å². The van der Waals surface area contributed by atoms with Crippen molar-refractivity contribution in [2.75, 3.05) is 6.61 Å². The highest BCUT2D eigenvalue weighted by Crippen LogP contribution is 2.44. The highest BCUT2D eigenvalue weighted by molar-refractivity contribution is 7.80. The van der Waals surface area contributed by atoms with Crippen molar-refractivity contribution >= 4 is 23.1 Å². The summed E-state index contributed by atoms with van der Waals surface area (Å²) in [6.07, 6.45) is 5.01. The van der Waals surface area contributed by atoms with Crippen LogP contribution in [0.25, 0.3) is 0 Å². The molecule has 2 fully saturated rings. The molecule has 0 aliphatic heterocycles. The van der Waals surface area contributed by atoms with Gasteiger partial charge in [0.15, 0.2) is 6.61 Å². The van der Waals surface area contributed by atoms with Crippen molar-refractivity contribution in [1.82, 2.24) is 5.32 Å². The van der Waals surface area contributed by atoms with Gasteiger partial charge < -0.3 is 15.8 Å². The predicted octanol–water partition coefficient (Wildman–Crippen LogP) is 2.00.